The van der Waals surface area contributed by atoms with E-state index in [2.05, 4.69) is 28.5 Å². The number of hydrogen-bond donors (Lipinski definition) is 1. The van der Waals surface area contributed by atoms with Crippen LogP contribution < -0.4 is 5.32 Å². The fraction of sp³-hybridized carbons (Fsp3) is 0.267. The van der Waals surface area contributed by atoms with Crippen molar-refractivity contribution in [1.82, 2.24) is 4.98 Å². The molecule has 20 heavy (non-hydrogen) atoms. The van der Waals surface area contributed by atoms with Crippen LogP contribution in [0.5, 0.6) is 0 Å². The molecular weight excluding hydrogens is 254 g/mol. The molecule has 1 unspecified atom stereocenters. The van der Waals surface area contributed by atoms with E-state index in [9.17, 15) is 10.1 Å². The Morgan fingerprint density at radius 2 is 2.00 bits per heavy atom. The third-order valence-corrected chi connectivity index (χ3v) is 3.67. The quantitative estimate of drug-likeness (QED) is 0.687. The molecule has 0 spiro atoms. The Labute approximate surface area is 116 Å². The lowest BCUT2D eigenvalue weighted by Gasteiger charge is -2.26. The van der Waals surface area contributed by atoms with E-state index < -0.39 is 4.92 Å². The summed E-state index contributed by atoms with van der Waals surface area (Å²) in [6.07, 6.45) is 4.31. The van der Waals surface area contributed by atoms with Crippen LogP contribution in [0.1, 0.15) is 17.5 Å². The highest BCUT2D eigenvalue weighted by Crippen LogP contribution is 2.26. The molecule has 0 bridgehead atoms. The second-order valence-electron chi connectivity index (χ2n) is 4.98. The Kier molecular flexibility index (Phi) is 3.33. The second kappa shape index (κ2) is 5.28. The molecule has 5 heteroatoms. The molecule has 0 amide bonds. The molecule has 1 atom stereocenters. The van der Waals surface area contributed by atoms with Crippen molar-refractivity contribution >= 4 is 11.5 Å². The minimum Gasteiger partial charge on any atom is -0.375 e. The van der Waals surface area contributed by atoms with E-state index in [1.54, 1.807) is 12.1 Å². The van der Waals surface area contributed by atoms with Crippen LogP contribution in [0, 0.1) is 10.1 Å². The smallest absolute Gasteiger partial charge is 0.375 e. The van der Waals surface area contributed by atoms with Gasteiger partial charge in [-0.25, -0.2) is 0 Å². The minimum absolute atomic E-state index is 0.105. The highest BCUT2D eigenvalue weighted by atomic mass is 16.6. The molecule has 102 valence electrons. The Morgan fingerprint density at radius 1 is 1.20 bits per heavy atom. The highest BCUT2D eigenvalue weighted by molar-refractivity contribution is 5.57. The van der Waals surface area contributed by atoms with Crippen LogP contribution in [0.25, 0.3) is 0 Å². The summed E-state index contributed by atoms with van der Waals surface area (Å²) in [5.41, 5.74) is 3.20. The van der Waals surface area contributed by atoms with Gasteiger partial charge in [0, 0.05) is 6.04 Å². The van der Waals surface area contributed by atoms with Gasteiger partial charge in [0.2, 0.25) is 0 Å². The molecule has 2 aromatic rings. The number of fused-ring (bicyclic) bond motifs is 1. The second-order valence-corrected chi connectivity index (χ2v) is 4.98. The molecule has 5 nitrogen and oxygen atoms in total. The third kappa shape index (κ3) is 2.47. The predicted octanol–water partition coefficient (Wildman–Crippen LogP) is 2.96. The average molecular weight is 269 g/mol. The molecule has 0 aliphatic heterocycles. The number of benzene rings is 1. The van der Waals surface area contributed by atoms with Crippen molar-refractivity contribution in [1.29, 1.82) is 0 Å². The van der Waals surface area contributed by atoms with E-state index in [1.807, 2.05) is 6.07 Å². The molecule has 1 aliphatic carbocycles. The van der Waals surface area contributed by atoms with Crippen LogP contribution in [0.3, 0.4) is 0 Å². The predicted molar refractivity (Wildman–Crippen MR) is 76.8 cm³/mol. The van der Waals surface area contributed by atoms with Gasteiger partial charge in [0.25, 0.3) is 0 Å². The lowest BCUT2D eigenvalue weighted by Crippen LogP contribution is -2.27. The molecule has 1 N–H and O–H groups in total. The van der Waals surface area contributed by atoms with Crippen molar-refractivity contribution in [2.75, 3.05) is 5.32 Å². The summed E-state index contributed by atoms with van der Waals surface area (Å²) in [7, 11) is 0. The van der Waals surface area contributed by atoms with E-state index >= 15 is 0 Å². The Bertz CT molecular complexity index is 643. The third-order valence-electron chi connectivity index (χ3n) is 3.67. The number of aromatic nitrogens is 1. The van der Waals surface area contributed by atoms with Crippen LogP contribution in [0.4, 0.5) is 11.5 Å². The maximum Gasteiger partial charge on any atom is 0.386 e. The zero-order valence-corrected chi connectivity index (χ0v) is 11.0. The largest absolute Gasteiger partial charge is 0.386 e. The normalized spacial score (nSPS) is 17.3. The summed E-state index contributed by atoms with van der Waals surface area (Å²) in [5, 5.41) is 14.2. The summed E-state index contributed by atoms with van der Waals surface area (Å²) in [4.78, 5) is 14.3. The number of nitrogens with one attached hydrogen (secondary N) is 1. The van der Waals surface area contributed by atoms with Gasteiger partial charge in [-0.2, -0.15) is 0 Å². The number of rotatable bonds is 3. The maximum absolute atomic E-state index is 11.0. The number of pyridine rings is 1. The number of nitro groups is 1. The fourth-order valence-electron chi connectivity index (χ4n) is 2.70. The van der Waals surface area contributed by atoms with Crippen LogP contribution in [-0.4, -0.2) is 15.9 Å². The van der Waals surface area contributed by atoms with E-state index in [0.717, 1.165) is 19.3 Å². The highest BCUT2D eigenvalue weighted by Gasteiger charge is 2.21. The summed E-state index contributed by atoms with van der Waals surface area (Å²) >= 11 is 0. The van der Waals surface area contributed by atoms with Gasteiger partial charge < -0.3 is 15.4 Å². The standard InChI is InChI=1S/C15H15N3O2/c19-18(20)15-14(6-3-9-16-15)17-13-8-7-11-4-1-2-5-12(11)10-13/h1-6,9,13,17H,7-8,10H2. The lowest BCUT2D eigenvalue weighted by atomic mass is 9.88. The van der Waals surface area contributed by atoms with Gasteiger partial charge in [0.05, 0.1) is 0 Å². The monoisotopic (exact) mass is 269 g/mol. The first-order chi connectivity index (χ1) is 9.74. The maximum atomic E-state index is 11.0. The molecule has 3 rings (SSSR count). The van der Waals surface area contributed by atoms with Crippen molar-refractivity contribution < 1.29 is 4.92 Å². The number of hydrogen-bond acceptors (Lipinski definition) is 4. The summed E-state index contributed by atoms with van der Waals surface area (Å²) < 4.78 is 0. The number of anilines is 1. The zero-order chi connectivity index (χ0) is 13.9. The van der Waals surface area contributed by atoms with Crippen molar-refractivity contribution in [3.63, 3.8) is 0 Å². The van der Waals surface area contributed by atoms with Gasteiger partial charge in [-0.05, 0) is 52.4 Å². The fourth-order valence-corrected chi connectivity index (χ4v) is 2.70. The van der Waals surface area contributed by atoms with Gasteiger partial charge in [-0.15, -0.1) is 0 Å². The van der Waals surface area contributed by atoms with Crippen molar-refractivity contribution in [2.45, 2.75) is 25.3 Å². The molecule has 0 fully saturated rings. The summed E-state index contributed by atoms with van der Waals surface area (Å²) in [6.45, 7) is 0. The zero-order valence-electron chi connectivity index (χ0n) is 11.0. The molecular formula is C15H15N3O2. The topological polar surface area (TPSA) is 68.1 Å². The molecule has 1 aromatic heterocycles. The van der Waals surface area contributed by atoms with Crippen LogP contribution in [0.15, 0.2) is 42.6 Å². The van der Waals surface area contributed by atoms with E-state index in [4.69, 9.17) is 0 Å². The SMILES string of the molecule is O=[N+]([O-])c1ncccc1NC1CCc2ccccc2C1. The number of aryl methyl sites for hydroxylation is 1. The van der Waals surface area contributed by atoms with Crippen LogP contribution >= 0.6 is 0 Å². The van der Waals surface area contributed by atoms with Crippen molar-refractivity contribution in [3.05, 3.63) is 63.8 Å². The Hall–Kier alpha value is -2.43. The first-order valence-electron chi connectivity index (χ1n) is 6.67. The van der Waals surface area contributed by atoms with Crippen LogP contribution in [0.2, 0.25) is 0 Å². The minimum atomic E-state index is -0.445. The first-order valence-corrected chi connectivity index (χ1v) is 6.67. The van der Waals surface area contributed by atoms with E-state index in [0.29, 0.717) is 5.69 Å². The average Bonchev–Trinajstić information content (AvgIpc) is 2.47. The van der Waals surface area contributed by atoms with Crippen LogP contribution in [-0.2, 0) is 12.8 Å². The van der Waals surface area contributed by atoms with Gasteiger partial charge >= 0.3 is 5.82 Å². The van der Waals surface area contributed by atoms with Gasteiger partial charge in [0.15, 0.2) is 0 Å². The molecule has 0 saturated heterocycles. The molecule has 1 aromatic carbocycles. The van der Waals surface area contributed by atoms with Crippen molar-refractivity contribution in [2.24, 2.45) is 0 Å². The molecule has 0 saturated carbocycles. The summed E-state index contributed by atoms with van der Waals surface area (Å²) in [6, 6.07) is 12.0. The molecule has 1 heterocycles. The Morgan fingerprint density at radius 3 is 2.80 bits per heavy atom. The van der Waals surface area contributed by atoms with Crippen molar-refractivity contribution in [3.8, 4) is 0 Å². The van der Waals surface area contributed by atoms with Gasteiger partial charge in [-0.3, -0.25) is 0 Å². The van der Waals surface area contributed by atoms with E-state index in [1.165, 1.54) is 17.3 Å². The Balaban J connectivity index is 1.79. The van der Waals surface area contributed by atoms with Gasteiger partial charge in [0.1, 0.15) is 11.9 Å². The lowest BCUT2D eigenvalue weighted by molar-refractivity contribution is -0.388. The number of nitrogens with zero attached hydrogens (tertiary/aromatic N) is 2. The summed E-state index contributed by atoms with van der Waals surface area (Å²) in [5.74, 6) is -0.105. The molecule has 1 aliphatic rings. The first kappa shape index (κ1) is 12.6. The van der Waals surface area contributed by atoms with E-state index in [-0.39, 0.29) is 11.9 Å². The van der Waals surface area contributed by atoms with Gasteiger partial charge in [-0.1, -0.05) is 24.3 Å². The molecule has 0 radical (unpaired) electrons.